The van der Waals surface area contributed by atoms with Gasteiger partial charge in [-0.15, -0.1) is 0 Å². The molecule has 2 aromatic rings. The molecule has 2 aromatic carbocycles. The number of carbonyl (C=O) groups excluding carboxylic acids is 1. The van der Waals surface area contributed by atoms with Crippen molar-refractivity contribution in [1.29, 1.82) is 0 Å². The first kappa shape index (κ1) is 16.7. The van der Waals surface area contributed by atoms with E-state index in [-0.39, 0.29) is 18.2 Å². The summed E-state index contributed by atoms with van der Waals surface area (Å²) in [5.41, 5.74) is 1.13. The SMILES string of the molecule is COC[C@@H]1CN(C(=O)N[C@H](C)c2cccc3ccccc23)CCO1. The highest BCUT2D eigenvalue weighted by Gasteiger charge is 2.25. The van der Waals surface area contributed by atoms with E-state index in [0.717, 1.165) is 5.56 Å². The maximum atomic E-state index is 12.6. The van der Waals surface area contributed by atoms with E-state index in [0.29, 0.717) is 26.3 Å². The van der Waals surface area contributed by atoms with Crippen molar-refractivity contribution < 1.29 is 14.3 Å². The van der Waals surface area contributed by atoms with Crippen molar-refractivity contribution in [2.75, 3.05) is 33.4 Å². The molecule has 1 aliphatic heterocycles. The minimum absolute atomic E-state index is 0.0534. The first-order valence-electron chi connectivity index (χ1n) is 8.32. The van der Waals surface area contributed by atoms with Crippen molar-refractivity contribution >= 4 is 16.8 Å². The van der Waals surface area contributed by atoms with Gasteiger partial charge in [0.25, 0.3) is 0 Å². The molecule has 1 saturated heterocycles. The lowest BCUT2D eigenvalue weighted by molar-refractivity contribution is -0.0496. The Morgan fingerprint density at radius 3 is 2.96 bits per heavy atom. The molecular formula is C19H24N2O3. The van der Waals surface area contributed by atoms with Crippen LogP contribution in [0.1, 0.15) is 18.5 Å². The zero-order valence-electron chi connectivity index (χ0n) is 14.2. The van der Waals surface area contributed by atoms with E-state index in [9.17, 15) is 4.79 Å². The maximum absolute atomic E-state index is 12.6. The summed E-state index contributed by atoms with van der Waals surface area (Å²) in [4.78, 5) is 14.4. The molecule has 1 N–H and O–H groups in total. The van der Waals surface area contributed by atoms with Crippen LogP contribution in [0.4, 0.5) is 4.79 Å². The van der Waals surface area contributed by atoms with Gasteiger partial charge in [-0.25, -0.2) is 4.79 Å². The molecule has 5 nitrogen and oxygen atoms in total. The van der Waals surface area contributed by atoms with Crippen LogP contribution < -0.4 is 5.32 Å². The van der Waals surface area contributed by atoms with E-state index in [1.807, 2.05) is 25.1 Å². The standard InChI is InChI=1S/C19H24N2O3/c1-14(17-9-5-7-15-6-3-4-8-18(15)17)20-19(22)21-10-11-24-16(12-21)13-23-2/h3-9,14,16H,10-13H2,1-2H3,(H,20,22)/t14-,16+/m1/s1. The second-order valence-electron chi connectivity index (χ2n) is 6.13. The van der Waals surface area contributed by atoms with Crippen molar-refractivity contribution in [1.82, 2.24) is 10.2 Å². The lowest BCUT2D eigenvalue weighted by Crippen LogP contribution is -2.51. The van der Waals surface area contributed by atoms with E-state index in [2.05, 4.69) is 29.6 Å². The van der Waals surface area contributed by atoms with Crippen molar-refractivity contribution in [3.8, 4) is 0 Å². The predicted molar refractivity (Wildman–Crippen MR) is 94.1 cm³/mol. The van der Waals surface area contributed by atoms with E-state index in [1.165, 1.54) is 10.8 Å². The van der Waals surface area contributed by atoms with Crippen LogP contribution >= 0.6 is 0 Å². The van der Waals surface area contributed by atoms with E-state index in [1.54, 1.807) is 12.0 Å². The first-order valence-corrected chi connectivity index (χ1v) is 8.32. The molecule has 24 heavy (non-hydrogen) atoms. The highest BCUT2D eigenvalue weighted by molar-refractivity contribution is 5.86. The van der Waals surface area contributed by atoms with Crippen LogP contribution in [0.2, 0.25) is 0 Å². The number of urea groups is 1. The summed E-state index contributed by atoms with van der Waals surface area (Å²) >= 11 is 0. The van der Waals surface area contributed by atoms with Crippen LogP contribution in [0.5, 0.6) is 0 Å². The van der Waals surface area contributed by atoms with Gasteiger partial charge in [0.1, 0.15) is 0 Å². The third-order valence-corrected chi connectivity index (χ3v) is 4.41. The fraction of sp³-hybridized carbons (Fsp3) is 0.421. The second kappa shape index (κ2) is 7.64. The quantitative estimate of drug-likeness (QED) is 0.939. The molecule has 0 aliphatic carbocycles. The monoisotopic (exact) mass is 328 g/mol. The maximum Gasteiger partial charge on any atom is 0.318 e. The lowest BCUT2D eigenvalue weighted by atomic mass is 10.00. The summed E-state index contributed by atoms with van der Waals surface area (Å²) in [6, 6.07) is 14.3. The van der Waals surface area contributed by atoms with Gasteiger partial charge >= 0.3 is 6.03 Å². The summed E-state index contributed by atoms with van der Waals surface area (Å²) in [7, 11) is 1.64. The van der Waals surface area contributed by atoms with Gasteiger partial charge in [0.2, 0.25) is 0 Å². The van der Waals surface area contributed by atoms with Crippen LogP contribution in [-0.2, 0) is 9.47 Å². The zero-order chi connectivity index (χ0) is 16.9. The van der Waals surface area contributed by atoms with Gasteiger partial charge in [-0.05, 0) is 23.3 Å². The highest BCUT2D eigenvalue weighted by atomic mass is 16.5. The molecule has 128 valence electrons. The molecule has 1 heterocycles. The number of carbonyl (C=O) groups is 1. The minimum Gasteiger partial charge on any atom is -0.382 e. The summed E-state index contributed by atoms with van der Waals surface area (Å²) in [5, 5.41) is 5.47. The molecule has 0 radical (unpaired) electrons. The summed E-state index contributed by atoms with van der Waals surface area (Å²) < 4.78 is 10.7. The average Bonchev–Trinajstić information content (AvgIpc) is 2.61. The van der Waals surface area contributed by atoms with Crippen LogP contribution in [-0.4, -0.2) is 50.4 Å². The molecule has 5 heteroatoms. The van der Waals surface area contributed by atoms with E-state index in [4.69, 9.17) is 9.47 Å². The topological polar surface area (TPSA) is 50.8 Å². The third kappa shape index (κ3) is 3.68. The summed E-state index contributed by atoms with van der Waals surface area (Å²) in [5.74, 6) is 0. The van der Waals surface area contributed by atoms with Gasteiger partial charge in [0, 0.05) is 13.7 Å². The Kier molecular flexibility index (Phi) is 5.33. The molecule has 2 atom stereocenters. The number of nitrogens with zero attached hydrogens (tertiary/aromatic N) is 1. The Balaban J connectivity index is 1.69. The summed E-state index contributed by atoms with van der Waals surface area (Å²) in [6.07, 6.45) is -0.0534. The van der Waals surface area contributed by atoms with Crippen LogP contribution in [0.25, 0.3) is 10.8 Å². The molecule has 3 rings (SSSR count). The predicted octanol–water partition coefficient (Wildman–Crippen LogP) is 2.96. The number of benzene rings is 2. The van der Waals surface area contributed by atoms with Gasteiger partial charge in [-0.3, -0.25) is 0 Å². The number of methoxy groups -OCH3 is 1. The fourth-order valence-corrected chi connectivity index (χ4v) is 3.17. The molecule has 2 amide bonds. The van der Waals surface area contributed by atoms with E-state index < -0.39 is 0 Å². The Labute approximate surface area is 142 Å². The highest BCUT2D eigenvalue weighted by Crippen LogP contribution is 2.24. The molecule has 0 bridgehead atoms. The second-order valence-corrected chi connectivity index (χ2v) is 6.13. The molecule has 0 unspecified atom stereocenters. The van der Waals surface area contributed by atoms with Gasteiger partial charge < -0.3 is 19.7 Å². The largest absolute Gasteiger partial charge is 0.382 e. The number of ether oxygens (including phenoxy) is 2. The number of morpholine rings is 1. The van der Waals surface area contributed by atoms with Gasteiger partial charge in [0.15, 0.2) is 0 Å². The van der Waals surface area contributed by atoms with Crippen molar-refractivity contribution in [3.63, 3.8) is 0 Å². The van der Waals surface area contributed by atoms with Gasteiger partial charge in [-0.2, -0.15) is 0 Å². The van der Waals surface area contributed by atoms with Crippen LogP contribution in [0.15, 0.2) is 42.5 Å². The number of hydrogen-bond donors (Lipinski definition) is 1. The van der Waals surface area contributed by atoms with E-state index >= 15 is 0 Å². The number of amides is 2. The fourth-order valence-electron chi connectivity index (χ4n) is 3.17. The van der Waals surface area contributed by atoms with Crippen molar-refractivity contribution in [2.45, 2.75) is 19.1 Å². The minimum atomic E-state index is -0.0627. The molecule has 1 fully saturated rings. The number of nitrogens with one attached hydrogen (secondary N) is 1. The smallest absolute Gasteiger partial charge is 0.318 e. The molecular weight excluding hydrogens is 304 g/mol. The number of hydrogen-bond acceptors (Lipinski definition) is 3. The normalized spacial score (nSPS) is 19.2. The lowest BCUT2D eigenvalue weighted by Gasteiger charge is -2.33. The first-order chi connectivity index (χ1) is 11.7. The molecule has 0 spiro atoms. The zero-order valence-corrected chi connectivity index (χ0v) is 14.2. The van der Waals surface area contributed by atoms with Gasteiger partial charge in [-0.1, -0.05) is 42.5 Å². The molecule has 0 aromatic heterocycles. The molecule has 1 aliphatic rings. The third-order valence-electron chi connectivity index (χ3n) is 4.41. The summed E-state index contributed by atoms with van der Waals surface area (Å²) in [6.45, 7) is 4.23. The average molecular weight is 328 g/mol. The Bertz CT molecular complexity index is 697. The Morgan fingerprint density at radius 2 is 2.12 bits per heavy atom. The van der Waals surface area contributed by atoms with Crippen molar-refractivity contribution in [2.24, 2.45) is 0 Å². The Hall–Kier alpha value is -2.11. The molecule has 0 saturated carbocycles. The number of fused-ring (bicyclic) bond motifs is 1. The van der Waals surface area contributed by atoms with Crippen LogP contribution in [0, 0.1) is 0 Å². The Morgan fingerprint density at radius 1 is 1.33 bits per heavy atom. The van der Waals surface area contributed by atoms with Gasteiger partial charge in [0.05, 0.1) is 31.9 Å². The van der Waals surface area contributed by atoms with Crippen molar-refractivity contribution in [3.05, 3.63) is 48.0 Å². The number of rotatable bonds is 4. The van der Waals surface area contributed by atoms with Crippen LogP contribution in [0.3, 0.4) is 0 Å².